The van der Waals surface area contributed by atoms with Crippen LogP contribution < -0.4 is 4.72 Å². The summed E-state index contributed by atoms with van der Waals surface area (Å²) in [7, 11) is 0. The Morgan fingerprint density at radius 3 is 2.20 bits per heavy atom. The molecule has 0 heterocycles. The lowest BCUT2D eigenvalue weighted by atomic mass is 10.1. The van der Waals surface area contributed by atoms with Crippen LogP contribution >= 0.6 is 46.8 Å². The van der Waals surface area contributed by atoms with Crippen LogP contribution in [0.15, 0.2) is 17.0 Å². The normalized spacial score (nSPS) is 11.9. The second-order valence-corrected chi connectivity index (χ2v) is 6.14. The van der Waals surface area contributed by atoms with Gasteiger partial charge in [0.2, 0.25) is 0 Å². The lowest BCUT2D eigenvalue weighted by Crippen LogP contribution is -2.29. The standard InChI is InChI=1S/C10H12Cl3NS/c1-10(2,3)14-15-7-5-4-6(11)8(12)9(7)13/h4-5,14H,1-3H3. The van der Waals surface area contributed by atoms with Crippen molar-refractivity contribution in [1.29, 1.82) is 0 Å². The Balaban J connectivity index is 2.83. The van der Waals surface area contributed by atoms with Crippen LogP contribution in [0.5, 0.6) is 0 Å². The van der Waals surface area contributed by atoms with Gasteiger partial charge >= 0.3 is 0 Å². The van der Waals surface area contributed by atoms with Gasteiger partial charge in [-0.25, -0.2) is 0 Å². The van der Waals surface area contributed by atoms with E-state index >= 15 is 0 Å². The van der Waals surface area contributed by atoms with Gasteiger partial charge in [-0.05, 0) is 44.9 Å². The first-order chi connectivity index (χ1) is 6.81. The molecule has 0 bridgehead atoms. The van der Waals surface area contributed by atoms with Crippen LogP contribution in [0.3, 0.4) is 0 Å². The molecule has 1 nitrogen and oxygen atoms in total. The van der Waals surface area contributed by atoms with Crippen LogP contribution in [-0.4, -0.2) is 5.54 Å². The van der Waals surface area contributed by atoms with E-state index in [0.717, 1.165) is 4.90 Å². The van der Waals surface area contributed by atoms with Gasteiger partial charge in [-0.3, -0.25) is 4.72 Å². The molecular weight excluding hydrogens is 273 g/mol. The maximum Gasteiger partial charge on any atom is 0.0790 e. The molecule has 0 aliphatic rings. The summed E-state index contributed by atoms with van der Waals surface area (Å²) in [5.74, 6) is 0. The van der Waals surface area contributed by atoms with Gasteiger partial charge < -0.3 is 0 Å². The molecular formula is C10H12Cl3NS. The predicted molar refractivity (Wildman–Crippen MR) is 70.2 cm³/mol. The molecule has 0 fully saturated rings. The minimum atomic E-state index is 0.0140. The minimum absolute atomic E-state index is 0.0140. The van der Waals surface area contributed by atoms with Crippen molar-refractivity contribution in [3.05, 3.63) is 27.2 Å². The van der Waals surface area contributed by atoms with Gasteiger partial charge in [0.15, 0.2) is 0 Å². The second-order valence-electron chi connectivity index (χ2n) is 4.13. The van der Waals surface area contributed by atoms with Crippen LogP contribution in [0, 0.1) is 0 Å². The van der Waals surface area contributed by atoms with Gasteiger partial charge in [0, 0.05) is 10.4 Å². The lowest BCUT2D eigenvalue weighted by molar-refractivity contribution is 0.535. The molecule has 0 unspecified atom stereocenters. The van der Waals surface area contributed by atoms with Crippen LogP contribution in [0.4, 0.5) is 0 Å². The van der Waals surface area contributed by atoms with E-state index in [1.807, 2.05) is 6.07 Å². The molecule has 84 valence electrons. The topological polar surface area (TPSA) is 12.0 Å². The summed E-state index contributed by atoms with van der Waals surface area (Å²) in [5, 5.41) is 1.37. The fourth-order valence-corrected chi connectivity index (χ4v) is 2.25. The summed E-state index contributed by atoms with van der Waals surface area (Å²) in [6.45, 7) is 6.22. The quantitative estimate of drug-likeness (QED) is 0.603. The van der Waals surface area contributed by atoms with E-state index in [-0.39, 0.29) is 5.54 Å². The molecule has 0 saturated carbocycles. The Kier molecular flexibility index (Phi) is 4.63. The van der Waals surface area contributed by atoms with Crippen molar-refractivity contribution in [2.75, 3.05) is 0 Å². The van der Waals surface area contributed by atoms with Crippen molar-refractivity contribution in [3.63, 3.8) is 0 Å². The first-order valence-electron chi connectivity index (χ1n) is 4.39. The molecule has 1 aromatic rings. The predicted octanol–water partition coefficient (Wildman–Crippen LogP) is 5.04. The van der Waals surface area contributed by atoms with Gasteiger partial charge in [-0.1, -0.05) is 34.8 Å². The third-order valence-corrected chi connectivity index (χ3v) is 4.15. The maximum atomic E-state index is 6.05. The zero-order chi connectivity index (χ0) is 11.6. The average molecular weight is 285 g/mol. The fourth-order valence-electron chi connectivity index (χ4n) is 0.795. The molecule has 0 spiro atoms. The summed E-state index contributed by atoms with van der Waals surface area (Å²) in [6.07, 6.45) is 0. The Morgan fingerprint density at radius 1 is 1.07 bits per heavy atom. The first kappa shape index (κ1) is 13.5. The number of rotatable bonds is 2. The number of nitrogens with one attached hydrogen (secondary N) is 1. The van der Waals surface area contributed by atoms with Gasteiger partial charge in [0.25, 0.3) is 0 Å². The molecule has 0 aliphatic carbocycles. The molecule has 15 heavy (non-hydrogen) atoms. The number of benzene rings is 1. The monoisotopic (exact) mass is 283 g/mol. The smallest absolute Gasteiger partial charge is 0.0790 e. The third-order valence-electron chi connectivity index (χ3n) is 1.47. The van der Waals surface area contributed by atoms with E-state index in [2.05, 4.69) is 25.5 Å². The molecule has 5 heteroatoms. The van der Waals surface area contributed by atoms with E-state index in [1.165, 1.54) is 11.9 Å². The van der Waals surface area contributed by atoms with Crippen LogP contribution in [0.1, 0.15) is 20.8 Å². The molecule has 0 aliphatic heterocycles. The van der Waals surface area contributed by atoms with Gasteiger partial charge in [0.1, 0.15) is 0 Å². The largest absolute Gasteiger partial charge is 0.255 e. The second kappa shape index (κ2) is 5.15. The summed E-state index contributed by atoms with van der Waals surface area (Å²) >= 11 is 19.3. The van der Waals surface area contributed by atoms with Crippen molar-refractivity contribution in [2.24, 2.45) is 0 Å². The number of halogens is 3. The fraction of sp³-hybridized carbons (Fsp3) is 0.400. The average Bonchev–Trinajstić information content (AvgIpc) is 2.12. The van der Waals surface area contributed by atoms with E-state index in [0.29, 0.717) is 15.1 Å². The van der Waals surface area contributed by atoms with Crippen LogP contribution in [0.2, 0.25) is 15.1 Å². The zero-order valence-corrected chi connectivity index (χ0v) is 11.8. The zero-order valence-electron chi connectivity index (χ0n) is 8.70. The first-order valence-corrected chi connectivity index (χ1v) is 6.34. The van der Waals surface area contributed by atoms with Crippen molar-refractivity contribution < 1.29 is 0 Å². The Bertz CT molecular complexity index is 360. The highest BCUT2D eigenvalue weighted by molar-refractivity contribution is 7.97. The molecule has 1 rings (SSSR count). The van der Waals surface area contributed by atoms with Gasteiger partial charge in [0.05, 0.1) is 15.1 Å². The Morgan fingerprint density at radius 2 is 1.67 bits per heavy atom. The van der Waals surface area contributed by atoms with Crippen molar-refractivity contribution in [3.8, 4) is 0 Å². The molecule has 0 aromatic heterocycles. The summed E-state index contributed by atoms with van der Waals surface area (Å²) in [4.78, 5) is 0.876. The van der Waals surface area contributed by atoms with Crippen LogP contribution in [0.25, 0.3) is 0 Å². The van der Waals surface area contributed by atoms with E-state index in [4.69, 9.17) is 34.8 Å². The van der Waals surface area contributed by atoms with Crippen LogP contribution in [-0.2, 0) is 0 Å². The molecule has 1 aromatic carbocycles. The number of hydrogen-bond acceptors (Lipinski definition) is 2. The minimum Gasteiger partial charge on any atom is -0.255 e. The summed E-state index contributed by atoms with van der Waals surface area (Å²) in [6, 6.07) is 3.59. The molecule has 0 amide bonds. The third kappa shape index (κ3) is 4.04. The van der Waals surface area contributed by atoms with E-state index in [9.17, 15) is 0 Å². The molecule has 0 atom stereocenters. The van der Waals surface area contributed by atoms with E-state index in [1.54, 1.807) is 6.07 Å². The molecule has 0 saturated heterocycles. The van der Waals surface area contributed by atoms with Crippen molar-refractivity contribution in [2.45, 2.75) is 31.2 Å². The number of hydrogen-bond donors (Lipinski definition) is 1. The maximum absolute atomic E-state index is 6.05. The summed E-state index contributed by atoms with van der Waals surface area (Å²) in [5.41, 5.74) is 0.0140. The van der Waals surface area contributed by atoms with Crippen molar-refractivity contribution in [1.82, 2.24) is 4.72 Å². The lowest BCUT2D eigenvalue weighted by Gasteiger charge is -2.20. The SMILES string of the molecule is CC(C)(C)NSc1ccc(Cl)c(Cl)c1Cl. The molecule has 0 radical (unpaired) electrons. The van der Waals surface area contributed by atoms with Gasteiger partial charge in [-0.15, -0.1) is 0 Å². The Hall–Kier alpha value is 0.400. The molecule has 1 N–H and O–H groups in total. The van der Waals surface area contributed by atoms with Gasteiger partial charge in [-0.2, -0.15) is 0 Å². The van der Waals surface area contributed by atoms with Crippen molar-refractivity contribution >= 4 is 46.8 Å². The summed E-state index contributed by atoms with van der Waals surface area (Å²) < 4.78 is 3.26. The Labute approximate surface area is 110 Å². The highest BCUT2D eigenvalue weighted by Gasteiger charge is 2.13. The van der Waals surface area contributed by atoms with E-state index < -0.39 is 0 Å². The highest BCUT2D eigenvalue weighted by atomic mass is 35.5. The highest BCUT2D eigenvalue weighted by Crippen LogP contribution is 2.37.